The molecule has 0 saturated carbocycles. The van der Waals surface area contributed by atoms with Crippen molar-refractivity contribution >= 4 is 50.5 Å². The lowest BCUT2D eigenvalue weighted by Gasteiger charge is -2.40. The maximum Gasteiger partial charge on any atom is 0.132 e. The molecule has 5 aromatic rings. The molecule has 0 saturated heterocycles. The number of hydrogen-bond donors (Lipinski definition) is 4. The summed E-state index contributed by atoms with van der Waals surface area (Å²) in [6.45, 7) is 4.53. The molecule has 0 atom stereocenters. The Kier molecular flexibility index (Phi) is 6.06. The Morgan fingerprint density at radius 1 is 0.400 bits per heavy atom. The predicted molar refractivity (Wildman–Crippen MR) is 172 cm³/mol. The van der Waals surface area contributed by atoms with Crippen molar-refractivity contribution in [3.8, 4) is 23.0 Å². The van der Waals surface area contributed by atoms with Gasteiger partial charge in [0.1, 0.15) is 23.0 Å². The van der Waals surface area contributed by atoms with Gasteiger partial charge in [0.15, 0.2) is 0 Å². The molecule has 2 aliphatic heterocycles. The minimum Gasteiger partial charge on any atom is -0.457 e. The summed E-state index contributed by atoms with van der Waals surface area (Å²) in [7, 11) is 0. The molecule has 0 bridgehead atoms. The highest BCUT2D eigenvalue weighted by Gasteiger charge is 2.42. The van der Waals surface area contributed by atoms with E-state index in [4.69, 9.17) is 9.47 Å². The second-order valence-electron chi connectivity index (χ2n) is 10.8. The molecule has 2 heterocycles. The SMILES string of the molecule is CC1(c2ccc(C3(C)c4ccc(S)cc4Oc4cc(S)ccc43)cc2)c2ccc(S)cc2Oc2cc(S)ccc21. The molecule has 2 aliphatic rings. The largest absolute Gasteiger partial charge is 0.457 e. The molecule has 0 N–H and O–H groups in total. The van der Waals surface area contributed by atoms with Gasteiger partial charge in [-0.3, -0.25) is 0 Å². The fraction of sp³-hybridized carbons (Fsp3) is 0.118. The van der Waals surface area contributed by atoms with Crippen LogP contribution in [-0.4, -0.2) is 0 Å². The molecule has 7 rings (SSSR count). The van der Waals surface area contributed by atoms with Gasteiger partial charge in [-0.15, -0.1) is 50.5 Å². The van der Waals surface area contributed by atoms with E-state index in [0.29, 0.717) is 0 Å². The van der Waals surface area contributed by atoms with Gasteiger partial charge in [0.2, 0.25) is 0 Å². The van der Waals surface area contributed by atoms with E-state index in [9.17, 15) is 0 Å². The summed E-state index contributed by atoms with van der Waals surface area (Å²) >= 11 is 18.3. The summed E-state index contributed by atoms with van der Waals surface area (Å²) in [5.74, 6) is 3.26. The van der Waals surface area contributed by atoms with Crippen molar-refractivity contribution < 1.29 is 9.47 Å². The standard InChI is InChI=1S/C34H26O2S4/c1-33(25-11-7-21(37)15-29(25)35-30-16-22(38)8-12-26(30)33)19-3-5-20(6-4-19)34(2)27-13-9-23(39)17-31(27)36-32-18-24(40)10-14-28(32)34/h3-18,37-40H,1-2H3. The summed E-state index contributed by atoms with van der Waals surface area (Å²) in [5, 5.41) is 0. The van der Waals surface area contributed by atoms with Crippen molar-refractivity contribution in [2.24, 2.45) is 0 Å². The Morgan fingerprint density at radius 2 is 0.650 bits per heavy atom. The van der Waals surface area contributed by atoms with Crippen molar-refractivity contribution in [1.29, 1.82) is 0 Å². The number of rotatable bonds is 2. The number of benzene rings is 5. The van der Waals surface area contributed by atoms with Crippen molar-refractivity contribution in [1.82, 2.24) is 0 Å². The third-order valence-electron chi connectivity index (χ3n) is 8.49. The first-order chi connectivity index (χ1) is 19.2. The van der Waals surface area contributed by atoms with Gasteiger partial charge < -0.3 is 9.47 Å². The highest BCUT2D eigenvalue weighted by molar-refractivity contribution is 7.80. The van der Waals surface area contributed by atoms with Crippen LogP contribution in [0.3, 0.4) is 0 Å². The molecule has 6 heteroatoms. The Morgan fingerprint density at radius 3 is 0.900 bits per heavy atom. The van der Waals surface area contributed by atoms with E-state index in [1.807, 2.05) is 48.5 Å². The van der Waals surface area contributed by atoms with E-state index in [0.717, 1.165) is 64.8 Å². The molecule has 198 valence electrons. The lowest BCUT2D eigenvalue weighted by Crippen LogP contribution is -2.31. The van der Waals surface area contributed by atoms with Gasteiger partial charge in [0.05, 0.1) is 0 Å². The van der Waals surface area contributed by atoms with Gasteiger partial charge in [-0.2, -0.15) is 0 Å². The lowest BCUT2D eigenvalue weighted by molar-refractivity contribution is 0.422. The van der Waals surface area contributed by atoms with E-state index in [-0.39, 0.29) is 0 Å². The van der Waals surface area contributed by atoms with Crippen LogP contribution >= 0.6 is 50.5 Å². The van der Waals surface area contributed by atoms with E-state index >= 15 is 0 Å². The van der Waals surface area contributed by atoms with Crippen LogP contribution in [0.1, 0.15) is 47.2 Å². The number of hydrogen-bond acceptors (Lipinski definition) is 6. The zero-order chi connectivity index (χ0) is 27.8. The first-order valence-corrected chi connectivity index (χ1v) is 14.8. The summed E-state index contributed by atoms with van der Waals surface area (Å²) in [4.78, 5) is 3.45. The van der Waals surface area contributed by atoms with Gasteiger partial charge in [-0.05, 0) is 73.5 Å². The van der Waals surface area contributed by atoms with Crippen molar-refractivity contribution in [2.75, 3.05) is 0 Å². The van der Waals surface area contributed by atoms with Crippen molar-refractivity contribution in [3.05, 3.63) is 130 Å². The van der Waals surface area contributed by atoms with E-state index in [1.54, 1.807) is 0 Å². The Labute approximate surface area is 256 Å². The molecule has 0 unspecified atom stereocenters. The number of fused-ring (bicyclic) bond motifs is 4. The van der Waals surface area contributed by atoms with Crippen LogP contribution in [0.5, 0.6) is 23.0 Å². The molecule has 0 radical (unpaired) electrons. The molecule has 2 nitrogen and oxygen atoms in total. The highest BCUT2D eigenvalue weighted by atomic mass is 32.1. The molecule has 0 amide bonds. The second-order valence-corrected chi connectivity index (χ2v) is 12.8. The fourth-order valence-electron chi connectivity index (χ4n) is 6.32. The monoisotopic (exact) mass is 594 g/mol. The molecule has 0 aliphatic carbocycles. The zero-order valence-corrected chi connectivity index (χ0v) is 25.4. The summed E-state index contributed by atoms with van der Waals surface area (Å²) in [5.41, 5.74) is 5.90. The quantitative estimate of drug-likeness (QED) is 0.153. The van der Waals surface area contributed by atoms with E-state index < -0.39 is 10.8 Å². The average molecular weight is 595 g/mol. The third-order valence-corrected chi connectivity index (χ3v) is 9.61. The van der Waals surface area contributed by atoms with Crippen LogP contribution in [-0.2, 0) is 10.8 Å². The second kappa shape index (κ2) is 9.31. The van der Waals surface area contributed by atoms with Gasteiger partial charge in [0.25, 0.3) is 0 Å². The van der Waals surface area contributed by atoms with Gasteiger partial charge >= 0.3 is 0 Å². The van der Waals surface area contributed by atoms with Crippen LogP contribution in [0.25, 0.3) is 0 Å². The fourth-order valence-corrected chi connectivity index (χ4v) is 7.09. The zero-order valence-electron chi connectivity index (χ0n) is 21.8. The average Bonchev–Trinajstić information content (AvgIpc) is 2.92. The minimum atomic E-state index is -0.432. The van der Waals surface area contributed by atoms with Crippen LogP contribution in [0.15, 0.2) is 117 Å². The summed E-state index contributed by atoms with van der Waals surface area (Å²) < 4.78 is 12.7. The maximum atomic E-state index is 6.36. The van der Waals surface area contributed by atoms with Crippen LogP contribution in [0, 0.1) is 0 Å². The predicted octanol–water partition coefficient (Wildman–Crippen LogP) is 9.76. The summed E-state index contributed by atoms with van der Waals surface area (Å²) in [6.07, 6.45) is 0. The maximum absolute atomic E-state index is 6.36. The van der Waals surface area contributed by atoms with E-state index in [2.05, 4.69) is 113 Å². The van der Waals surface area contributed by atoms with Crippen LogP contribution in [0.2, 0.25) is 0 Å². The lowest BCUT2D eigenvalue weighted by atomic mass is 9.66. The van der Waals surface area contributed by atoms with Crippen LogP contribution in [0.4, 0.5) is 0 Å². The summed E-state index contributed by atoms with van der Waals surface area (Å²) in [6, 6.07) is 33.5. The Bertz CT molecular complexity index is 1590. The number of ether oxygens (including phenoxy) is 2. The van der Waals surface area contributed by atoms with Gasteiger partial charge in [-0.25, -0.2) is 0 Å². The topological polar surface area (TPSA) is 18.5 Å². The van der Waals surface area contributed by atoms with Crippen LogP contribution < -0.4 is 9.47 Å². The van der Waals surface area contributed by atoms with Gasteiger partial charge in [0, 0.05) is 52.7 Å². The highest BCUT2D eigenvalue weighted by Crippen LogP contribution is 2.55. The van der Waals surface area contributed by atoms with Gasteiger partial charge in [-0.1, -0.05) is 48.5 Å². The molecule has 5 aromatic carbocycles. The van der Waals surface area contributed by atoms with Crippen molar-refractivity contribution in [2.45, 2.75) is 44.3 Å². The van der Waals surface area contributed by atoms with Crippen molar-refractivity contribution in [3.63, 3.8) is 0 Å². The molecule has 0 aromatic heterocycles. The molecule has 0 spiro atoms. The Balaban J connectivity index is 1.41. The molecule has 0 fully saturated rings. The normalized spacial score (nSPS) is 15.6. The molecular formula is C34H26O2S4. The number of thiol groups is 4. The first-order valence-electron chi connectivity index (χ1n) is 13.0. The molecular weight excluding hydrogens is 569 g/mol. The third kappa shape index (κ3) is 3.84. The smallest absolute Gasteiger partial charge is 0.132 e. The Hall–Kier alpha value is -2.90. The molecule has 40 heavy (non-hydrogen) atoms. The minimum absolute atomic E-state index is 0.432. The van der Waals surface area contributed by atoms with E-state index in [1.165, 1.54) is 11.1 Å². The first kappa shape index (κ1) is 26.0.